The van der Waals surface area contributed by atoms with Gasteiger partial charge in [0, 0.05) is 4.88 Å². The molecule has 2 aliphatic rings. The molecule has 1 N–H and O–H groups in total. The lowest BCUT2D eigenvalue weighted by Gasteiger charge is -2.18. The fourth-order valence-electron chi connectivity index (χ4n) is 4.18. The molecule has 2 aromatic rings. The van der Waals surface area contributed by atoms with Gasteiger partial charge in [0.25, 0.3) is 17.7 Å². The number of fused-ring (bicyclic) bond motifs is 2. The van der Waals surface area contributed by atoms with Crippen molar-refractivity contribution < 1.29 is 33.4 Å². The number of benzene rings is 1. The maximum absolute atomic E-state index is 12.7. The molecular formula is C23H18Cl4N2O7S. The Hall–Kier alpha value is -2.37. The molecule has 0 unspecified atom stereocenters. The van der Waals surface area contributed by atoms with Gasteiger partial charge in [0.1, 0.15) is 11.5 Å². The van der Waals surface area contributed by atoms with Crippen LogP contribution in [-0.2, 0) is 31.9 Å². The number of halogens is 4. The van der Waals surface area contributed by atoms with Gasteiger partial charge >= 0.3 is 11.9 Å². The zero-order valence-electron chi connectivity index (χ0n) is 19.3. The van der Waals surface area contributed by atoms with Crippen molar-refractivity contribution in [3.63, 3.8) is 0 Å². The molecule has 4 rings (SSSR count). The van der Waals surface area contributed by atoms with Gasteiger partial charge in [-0.25, -0.2) is 4.79 Å². The summed E-state index contributed by atoms with van der Waals surface area (Å²) in [6, 6.07) is 0. The van der Waals surface area contributed by atoms with Gasteiger partial charge in [0.15, 0.2) is 6.61 Å². The van der Waals surface area contributed by atoms with Gasteiger partial charge in [0.05, 0.1) is 43.9 Å². The molecule has 196 valence electrons. The highest BCUT2D eigenvalue weighted by Gasteiger charge is 2.42. The van der Waals surface area contributed by atoms with Crippen molar-refractivity contribution in [2.24, 2.45) is 5.92 Å². The molecular weight excluding hydrogens is 590 g/mol. The monoisotopic (exact) mass is 606 g/mol. The second-order valence-corrected chi connectivity index (χ2v) is 11.1. The maximum Gasteiger partial charge on any atom is 0.341 e. The van der Waals surface area contributed by atoms with Gasteiger partial charge in [-0.2, -0.15) is 0 Å². The third kappa shape index (κ3) is 5.05. The van der Waals surface area contributed by atoms with E-state index in [9.17, 15) is 24.0 Å². The molecule has 1 aliphatic carbocycles. The standard InChI is InChI=1S/C23H18Cl4N2O7S/c1-8-3-4-9-10(5-8)37-20(13(9)23(34)35-2)28-11(30)7-36-12(31)6-29-21(32)14-15(22(29)33)17(25)19(27)18(26)16(14)24/h8H,3-7H2,1-2H3,(H,28,30)/t8-/m1/s1. The van der Waals surface area contributed by atoms with Crippen LogP contribution >= 0.6 is 57.7 Å². The minimum absolute atomic E-state index is 0.203. The molecule has 1 aliphatic heterocycles. The summed E-state index contributed by atoms with van der Waals surface area (Å²) in [5.41, 5.74) is 0.599. The average Bonchev–Trinajstić information content (AvgIpc) is 3.33. The largest absolute Gasteiger partial charge is 0.465 e. The SMILES string of the molecule is COC(=O)c1c(NC(=O)COC(=O)CN2C(=O)c3c(Cl)c(Cl)c(Cl)c(Cl)c3C2=O)sc2c1CC[C@@H](C)C2. The number of carbonyl (C=O) groups is 5. The molecule has 1 aromatic carbocycles. The number of ether oxygens (including phenoxy) is 2. The summed E-state index contributed by atoms with van der Waals surface area (Å²) in [6.07, 6.45) is 2.37. The van der Waals surface area contributed by atoms with Crippen LogP contribution in [0.15, 0.2) is 0 Å². The zero-order chi connectivity index (χ0) is 27.2. The van der Waals surface area contributed by atoms with E-state index >= 15 is 0 Å². The van der Waals surface area contributed by atoms with Crippen LogP contribution in [0.5, 0.6) is 0 Å². The molecule has 37 heavy (non-hydrogen) atoms. The first-order valence-electron chi connectivity index (χ1n) is 10.9. The molecule has 0 saturated carbocycles. The highest BCUT2D eigenvalue weighted by molar-refractivity contribution is 7.17. The van der Waals surface area contributed by atoms with Crippen molar-refractivity contribution in [1.82, 2.24) is 4.90 Å². The Labute approximate surface area is 234 Å². The molecule has 0 fully saturated rings. The van der Waals surface area contributed by atoms with Crippen molar-refractivity contribution in [2.75, 3.05) is 25.6 Å². The summed E-state index contributed by atoms with van der Waals surface area (Å²) in [5.74, 6) is -3.69. The number of nitrogens with zero attached hydrogens (tertiary/aromatic N) is 1. The zero-order valence-corrected chi connectivity index (χ0v) is 23.2. The topological polar surface area (TPSA) is 119 Å². The number of methoxy groups -OCH3 is 1. The molecule has 14 heteroatoms. The molecule has 3 amide bonds. The highest BCUT2D eigenvalue weighted by atomic mass is 35.5. The van der Waals surface area contributed by atoms with E-state index in [0.29, 0.717) is 27.8 Å². The minimum Gasteiger partial charge on any atom is -0.465 e. The number of thiophene rings is 1. The summed E-state index contributed by atoms with van der Waals surface area (Å²) in [4.78, 5) is 64.3. The predicted molar refractivity (Wildman–Crippen MR) is 138 cm³/mol. The summed E-state index contributed by atoms with van der Waals surface area (Å²) >= 11 is 25.4. The molecule has 1 atom stereocenters. The van der Waals surface area contributed by atoms with E-state index < -0.39 is 42.8 Å². The summed E-state index contributed by atoms with van der Waals surface area (Å²) in [6.45, 7) is 0.582. The Morgan fingerprint density at radius 1 is 1.03 bits per heavy atom. The van der Waals surface area contributed by atoms with Crippen molar-refractivity contribution in [1.29, 1.82) is 0 Å². The van der Waals surface area contributed by atoms with Crippen LogP contribution in [0.1, 0.15) is 54.9 Å². The molecule has 9 nitrogen and oxygen atoms in total. The van der Waals surface area contributed by atoms with Crippen LogP contribution in [0.3, 0.4) is 0 Å². The fraction of sp³-hybridized carbons (Fsp3) is 0.348. The molecule has 0 spiro atoms. The van der Waals surface area contributed by atoms with Crippen LogP contribution < -0.4 is 5.32 Å². The van der Waals surface area contributed by atoms with Crippen LogP contribution in [-0.4, -0.2) is 54.8 Å². The fourth-order valence-corrected chi connectivity index (χ4v) is 6.61. The number of rotatable bonds is 6. The van der Waals surface area contributed by atoms with E-state index in [0.717, 1.165) is 23.3 Å². The average molecular weight is 608 g/mol. The van der Waals surface area contributed by atoms with Gasteiger partial charge in [-0.1, -0.05) is 53.3 Å². The highest BCUT2D eigenvalue weighted by Crippen LogP contribution is 2.45. The summed E-state index contributed by atoms with van der Waals surface area (Å²) in [7, 11) is 1.26. The Balaban J connectivity index is 1.42. The predicted octanol–water partition coefficient (Wildman–Crippen LogP) is 5.05. The van der Waals surface area contributed by atoms with E-state index in [-0.39, 0.29) is 31.2 Å². The molecule has 0 radical (unpaired) electrons. The number of esters is 2. The number of nitrogens with one attached hydrogen (secondary N) is 1. The second-order valence-electron chi connectivity index (χ2n) is 8.46. The van der Waals surface area contributed by atoms with Crippen molar-refractivity contribution in [3.05, 3.63) is 47.2 Å². The second kappa shape index (κ2) is 10.8. The van der Waals surface area contributed by atoms with Crippen molar-refractivity contribution >= 4 is 92.4 Å². The number of imide groups is 1. The van der Waals surface area contributed by atoms with Gasteiger partial charge < -0.3 is 14.8 Å². The Bertz CT molecular complexity index is 1330. The lowest BCUT2D eigenvalue weighted by atomic mass is 9.88. The third-order valence-corrected chi connectivity index (χ3v) is 8.96. The number of amides is 3. The first kappa shape index (κ1) is 27.7. The van der Waals surface area contributed by atoms with Crippen LogP contribution in [0.4, 0.5) is 5.00 Å². The van der Waals surface area contributed by atoms with Crippen LogP contribution in [0, 0.1) is 5.92 Å². The van der Waals surface area contributed by atoms with E-state index in [1.165, 1.54) is 18.4 Å². The number of anilines is 1. The smallest absolute Gasteiger partial charge is 0.341 e. The van der Waals surface area contributed by atoms with Crippen molar-refractivity contribution in [3.8, 4) is 0 Å². The molecule has 0 bridgehead atoms. The first-order chi connectivity index (χ1) is 17.5. The quantitative estimate of drug-likeness (QED) is 0.211. The molecule has 2 heterocycles. The molecule has 1 aromatic heterocycles. The molecule has 0 saturated heterocycles. The first-order valence-corrected chi connectivity index (χ1v) is 13.2. The van der Waals surface area contributed by atoms with Crippen LogP contribution in [0.25, 0.3) is 0 Å². The van der Waals surface area contributed by atoms with Crippen molar-refractivity contribution in [2.45, 2.75) is 26.2 Å². The Morgan fingerprint density at radius 3 is 2.19 bits per heavy atom. The lowest BCUT2D eigenvalue weighted by Crippen LogP contribution is -2.36. The van der Waals surface area contributed by atoms with Gasteiger partial charge in [-0.3, -0.25) is 24.1 Å². The Morgan fingerprint density at radius 2 is 1.62 bits per heavy atom. The normalized spacial score (nSPS) is 16.4. The summed E-state index contributed by atoms with van der Waals surface area (Å²) < 4.78 is 9.85. The number of hydrogen-bond donors (Lipinski definition) is 1. The third-order valence-electron chi connectivity index (χ3n) is 5.99. The van der Waals surface area contributed by atoms with Gasteiger partial charge in [-0.15, -0.1) is 11.3 Å². The number of carbonyl (C=O) groups excluding carboxylic acids is 5. The van der Waals surface area contributed by atoms with Crippen LogP contribution in [0.2, 0.25) is 20.1 Å². The van der Waals surface area contributed by atoms with Gasteiger partial charge in [0.2, 0.25) is 0 Å². The maximum atomic E-state index is 12.7. The summed E-state index contributed by atoms with van der Waals surface area (Å²) in [5, 5.41) is 1.96. The lowest BCUT2D eigenvalue weighted by molar-refractivity contribution is -0.147. The Kier molecular flexibility index (Phi) is 8.06. The number of hydrogen-bond acceptors (Lipinski definition) is 8. The van der Waals surface area contributed by atoms with E-state index in [2.05, 4.69) is 12.2 Å². The minimum atomic E-state index is -1.04. The van der Waals surface area contributed by atoms with E-state index in [1.807, 2.05) is 0 Å². The van der Waals surface area contributed by atoms with Gasteiger partial charge in [-0.05, 0) is 30.7 Å². The van der Waals surface area contributed by atoms with E-state index in [4.69, 9.17) is 55.9 Å². The van der Waals surface area contributed by atoms with E-state index in [1.54, 1.807) is 0 Å².